The molecule has 2 saturated heterocycles. The second-order valence-electron chi connectivity index (χ2n) is 9.25. The molecule has 5 nitrogen and oxygen atoms in total. The van der Waals surface area contributed by atoms with E-state index in [4.69, 9.17) is 23.8 Å². The molecule has 2 heterocycles. The molecule has 2 aliphatic heterocycles. The fraction of sp³-hybridized carbons (Fsp3) is 0.652. The Morgan fingerprint density at radius 1 is 1.33 bits per heavy atom. The van der Waals surface area contributed by atoms with E-state index in [1.54, 1.807) is 0 Å². The van der Waals surface area contributed by atoms with Crippen LogP contribution in [0, 0.1) is 11.8 Å². The van der Waals surface area contributed by atoms with E-state index in [2.05, 4.69) is 48.1 Å². The van der Waals surface area contributed by atoms with E-state index >= 15 is 0 Å². The fourth-order valence-corrected chi connectivity index (χ4v) is 4.95. The topological polar surface area (TPSA) is 47.6 Å². The van der Waals surface area contributed by atoms with Crippen LogP contribution in [0.25, 0.3) is 0 Å². The zero-order chi connectivity index (χ0) is 21.9. The summed E-state index contributed by atoms with van der Waals surface area (Å²) in [4.78, 5) is 17.6. The van der Waals surface area contributed by atoms with E-state index < -0.39 is 0 Å². The van der Waals surface area contributed by atoms with Crippen LogP contribution in [0.4, 0.5) is 5.69 Å². The van der Waals surface area contributed by atoms with Gasteiger partial charge in [-0.25, -0.2) is 0 Å². The number of nitrogens with one attached hydrogen (secondary N) is 2. The van der Waals surface area contributed by atoms with Crippen molar-refractivity contribution in [3.8, 4) is 0 Å². The van der Waals surface area contributed by atoms with Gasteiger partial charge in [-0.3, -0.25) is 10.1 Å². The summed E-state index contributed by atoms with van der Waals surface area (Å²) in [6.45, 7) is 11.2. The second-order valence-corrected chi connectivity index (χ2v) is 10.1. The highest BCUT2D eigenvalue weighted by molar-refractivity contribution is 7.80. The van der Waals surface area contributed by atoms with Gasteiger partial charge in [0.05, 0.1) is 11.7 Å². The van der Waals surface area contributed by atoms with Gasteiger partial charge >= 0.3 is 0 Å². The largest absolute Gasteiger partial charge is 0.349 e. The summed E-state index contributed by atoms with van der Waals surface area (Å²) in [6, 6.07) is 7.53. The molecule has 1 spiro atoms. The third kappa shape index (κ3) is 5.27. The van der Waals surface area contributed by atoms with Crippen LogP contribution in [0.15, 0.2) is 24.3 Å². The van der Waals surface area contributed by atoms with Gasteiger partial charge in [0, 0.05) is 43.2 Å². The Morgan fingerprint density at radius 2 is 2.03 bits per heavy atom. The fourth-order valence-electron chi connectivity index (χ4n) is 4.46. The molecule has 0 unspecified atom stereocenters. The van der Waals surface area contributed by atoms with Crippen LogP contribution < -0.4 is 10.6 Å². The first-order valence-corrected chi connectivity index (χ1v) is 11.9. The lowest BCUT2D eigenvalue weighted by molar-refractivity contribution is -0.134. The van der Waals surface area contributed by atoms with Crippen LogP contribution >= 0.6 is 23.8 Å². The Morgan fingerprint density at radius 3 is 2.63 bits per heavy atom. The van der Waals surface area contributed by atoms with Crippen molar-refractivity contribution in [3.63, 3.8) is 0 Å². The van der Waals surface area contributed by atoms with E-state index in [0.29, 0.717) is 22.0 Å². The summed E-state index contributed by atoms with van der Waals surface area (Å²) in [5, 5.41) is 8.45. The number of carbonyl (C=O) groups is 1. The first-order valence-electron chi connectivity index (χ1n) is 11.1. The number of carbonyl (C=O) groups excluding carboxylic acids is 1. The van der Waals surface area contributed by atoms with Gasteiger partial charge in [0.2, 0.25) is 5.91 Å². The standard InChI is InChI=1S/C23H35ClN4OS/c1-5-17(4)15-28-21(29)20(13-16(2)3)26-23(28)9-11-27(12-10-23)22(30)25-19-8-6-7-18(24)14-19/h6-8,14,16-17,20,26H,5,9-13,15H2,1-4H3,(H,25,30)/t17-,20+/m0/s1. The minimum Gasteiger partial charge on any atom is -0.349 e. The molecular weight excluding hydrogens is 416 g/mol. The molecule has 0 aromatic heterocycles. The third-order valence-electron chi connectivity index (χ3n) is 6.38. The van der Waals surface area contributed by atoms with E-state index in [-0.39, 0.29) is 17.6 Å². The molecule has 0 bridgehead atoms. The first-order chi connectivity index (χ1) is 14.2. The molecule has 2 fully saturated rings. The van der Waals surface area contributed by atoms with Gasteiger partial charge in [-0.2, -0.15) is 0 Å². The number of thiocarbonyl (C=S) groups is 1. The Bertz CT molecular complexity index is 763. The van der Waals surface area contributed by atoms with Crippen molar-refractivity contribution in [2.45, 2.75) is 65.1 Å². The number of piperidine rings is 1. The number of amides is 1. The summed E-state index contributed by atoms with van der Waals surface area (Å²) in [5.41, 5.74) is 0.653. The average molecular weight is 451 g/mol. The van der Waals surface area contributed by atoms with Crippen LogP contribution in [-0.2, 0) is 4.79 Å². The molecule has 1 aromatic rings. The zero-order valence-electron chi connectivity index (χ0n) is 18.6. The summed E-state index contributed by atoms with van der Waals surface area (Å²) in [5.74, 6) is 1.26. The smallest absolute Gasteiger partial charge is 0.241 e. The lowest BCUT2D eigenvalue weighted by Gasteiger charge is -2.46. The number of rotatable bonds is 6. The highest BCUT2D eigenvalue weighted by atomic mass is 35.5. The van der Waals surface area contributed by atoms with Crippen molar-refractivity contribution in [1.29, 1.82) is 0 Å². The van der Waals surface area contributed by atoms with Crippen molar-refractivity contribution in [2.75, 3.05) is 25.0 Å². The molecule has 0 aliphatic carbocycles. The monoisotopic (exact) mass is 450 g/mol. The molecule has 3 rings (SSSR count). The number of nitrogens with zero attached hydrogens (tertiary/aromatic N) is 2. The highest BCUT2D eigenvalue weighted by Crippen LogP contribution is 2.35. The summed E-state index contributed by atoms with van der Waals surface area (Å²) in [7, 11) is 0. The lowest BCUT2D eigenvalue weighted by atomic mass is 9.94. The molecule has 30 heavy (non-hydrogen) atoms. The Labute approximate surface area is 191 Å². The maximum absolute atomic E-state index is 13.3. The van der Waals surface area contributed by atoms with Gasteiger partial charge in [0.1, 0.15) is 0 Å². The van der Waals surface area contributed by atoms with Crippen molar-refractivity contribution in [1.82, 2.24) is 15.1 Å². The van der Waals surface area contributed by atoms with E-state index in [0.717, 1.165) is 51.0 Å². The molecule has 2 N–H and O–H groups in total. The number of likely N-dealkylation sites (tertiary alicyclic amines) is 1. The van der Waals surface area contributed by atoms with Gasteiger partial charge in [-0.1, -0.05) is 51.8 Å². The first kappa shape index (κ1) is 23.3. The Kier molecular flexibility index (Phi) is 7.64. The summed E-state index contributed by atoms with van der Waals surface area (Å²) < 4.78 is 0. The normalized spacial score (nSPS) is 22.1. The van der Waals surface area contributed by atoms with Gasteiger partial charge < -0.3 is 15.1 Å². The maximum Gasteiger partial charge on any atom is 0.241 e. The predicted octanol–water partition coefficient (Wildman–Crippen LogP) is 4.72. The third-order valence-corrected chi connectivity index (χ3v) is 6.97. The number of benzene rings is 1. The van der Waals surface area contributed by atoms with Gasteiger partial charge in [-0.05, 0) is 48.7 Å². The maximum atomic E-state index is 13.3. The van der Waals surface area contributed by atoms with Gasteiger partial charge in [0.25, 0.3) is 0 Å². The number of hydrogen-bond donors (Lipinski definition) is 2. The Balaban J connectivity index is 1.68. The molecule has 2 aliphatic rings. The SMILES string of the molecule is CC[C@H](C)CN1C(=O)[C@@H](CC(C)C)NC12CCN(C(=S)Nc1cccc(Cl)c1)CC2. The van der Waals surface area contributed by atoms with Gasteiger partial charge in [0.15, 0.2) is 5.11 Å². The predicted molar refractivity (Wildman–Crippen MR) is 129 cm³/mol. The van der Waals surface area contributed by atoms with Crippen LogP contribution in [0.3, 0.4) is 0 Å². The lowest BCUT2D eigenvalue weighted by Crippen LogP contribution is -2.60. The quantitative estimate of drug-likeness (QED) is 0.614. The molecule has 1 amide bonds. The number of anilines is 1. The zero-order valence-corrected chi connectivity index (χ0v) is 20.2. The number of hydrogen-bond acceptors (Lipinski definition) is 3. The minimum atomic E-state index is -0.248. The van der Waals surface area contributed by atoms with Crippen LogP contribution in [0.2, 0.25) is 5.02 Å². The minimum absolute atomic E-state index is 0.0721. The van der Waals surface area contributed by atoms with Crippen molar-refractivity contribution >= 4 is 40.5 Å². The molecule has 0 saturated carbocycles. The van der Waals surface area contributed by atoms with Crippen molar-refractivity contribution in [3.05, 3.63) is 29.3 Å². The van der Waals surface area contributed by atoms with E-state index in [1.807, 2.05) is 24.3 Å². The van der Waals surface area contributed by atoms with E-state index in [1.165, 1.54) is 0 Å². The van der Waals surface area contributed by atoms with Crippen LogP contribution in [0.1, 0.15) is 53.4 Å². The number of halogens is 1. The molecule has 1 aromatic carbocycles. The molecular formula is C23H35ClN4OS. The van der Waals surface area contributed by atoms with Gasteiger partial charge in [-0.15, -0.1) is 0 Å². The average Bonchev–Trinajstić information content (AvgIpc) is 2.93. The Hall–Kier alpha value is -1.37. The molecule has 2 atom stereocenters. The summed E-state index contributed by atoms with van der Waals surface area (Å²) in [6.07, 6.45) is 3.72. The van der Waals surface area contributed by atoms with Crippen LogP contribution in [-0.4, -0.2) is 52.2 Å². The second kappa shape index (κ2) is 9.84. The van der Waals surface area contributed by atoms with E-state index in [9.17, 15) is 4.79 Å². The highest BCUT2D eigenvalue weighted by Gasteiger charge is 2.51. The molecule has 0 radical (unpaired) electrons. The molecule has 166 valence electrons. The van der Waals surface area contributed by atoms with Crippen LogP contribution in [0.5, 0.6) is 0 Å². The van der Waals surface area contributed by atoms with Crippen molar-refractivity contribution in [2.24, 2.45) is 11.8 Å². The van der Waals surface area contributed by atoms with Crippen molar-refractivity contribution < 1.29 is 4.79 Å². The summed E-state index contributed by atoms with van der Waals surface area (Å²) >= 11 is 11.7. The molecule has 7 heteroatoms.